The van der Waals surface area contributed by atoms with Gasteiger partial charge in [0.2, 0.25) is 0 Å². The second-order valence-corrected chi connectivity index (χ2v) is 8.13. The second kappa shape index (κ2) is 7.27. The van der Waals surface area contributed by atoms with Crippen molar-refractivity contribution in [3.05, 3.63) is 35.9 Å². The van der Waals surface area contributed by atoms with Crippen molar-refractivity contribution in [3.8, 4) is 0 Å². The number of carbonyl (C=O) groups excluding carboxylic acids is 2. The third-order valence-corrected chi connectivity index (χ3v) is 4.99. The highest BCUT2D eigenvalue weighted by atomic mass is 16.6. The molecule has 1 aliphatic carbocycles. The molecule has 1 aromatic carbocycles. The van der Waals surface area contributed by atoms with E-state index >= 15 is 0 Å². The van der Waals surface area contributed by atoms with Crippen molar-refractivity contribution in [2.75, 3.05) is 0 Å². The van der Waals surface area contributed by atoms with Gasteiger partial charge in [0.25, 0.3) is 0 Å². The molecule has 26 heavy (non-hydrogen) atoms. The van der Waals surface area contributed by atoms with Crippen LogP contribution in [0.2, 0.25) is 0 Å². The molecule has 3 fully saturated rings. The first-order chi connectivity index (χ1) is 12.3. The maximum Gasteiger partial charge on any atom is 0.411 e. The van der Waals surface area contributed by atoms with Gasteiger partial charge in [0.05, 0.1) is 12.1 Å². The van der Waals surface area contributed by atoms with Crippen molar-refractivity contribution in [1.29, 1.82) is 0 Å². The van der Waals surface area contributed by atoms with E-state index in [1.54, 1.807) is 20.8 Å². The van der Waals surface area contributed by atoms with E-state index in [4.69, 9.17) is 9.47 Å². The lowest BCUT2D eigenvalue weighted by atomic mass is 9.73. The van der Waals surface area contributed by atoms with Gasteiger partial charge in [-0.05, 0) is 51.5 Å². The van der Waals surface area contributed by atoms with Crippen molar-refractivity contribution in [2.24, 2.45) is 5.92 Å². The first kappa shape index (κ1) is 18.7. The molecule has 2 saturated heterocycles. The number of amides is 1. The third kappa shape index (κ3) is 4.01. The van der Waals surface area contributed by atoms with Crippen molar-refractivity contribution < 1.29 is 24.2 Å². The summed E-state index contributed by atoms with van der Waals surface area (Å²) in [6.45, 7) is 5.52. The Kier molecular flexibility index (Phi) is 5.23. The summed E-state index contributed by atoms with van der Waals surface area (Å²) < 4.78 is 11.0. The number of aliphatic hydroxyl groups is 1. The molecule has 0 spiro atoms. The van der Waals surface area contributed by atoms with E-state index in [1.165, 1.54) is 4.90 Å². The minimum Gasteiger partial charge on any atom is -0.459 e. The van der Waals surface area contributed by atoms with Crippen LogP contribution in [0.15, 0.2) is 30.3 Å². The summed E-state index contributed by atoms with van der Waals surface area (Å²) in [5, 5.41) is 10.3. The Morgan fingerprint density at radius 3 is 2.50 bits per heavy atom. The summed E-state index contributed by atoms with van der Waals surface area (Å²) >= 11 is 0. The maximum absolute atomic E-state index is 12.8. The third-order valence-electron chi connectivity index (χ3n) is 4.99. The molecule has 1 aromatic rings. The Labute approximate surface area is 154 Å². The van der Waals surface area contributed by atoms with Gasteiger partial charge in [0, 0.05) is 0 Å². The number of esters is 1. The van der Waals surface area contributed by atoms with Crippen LogP contribution >= 0.6 is 0 Å². The Bertz CT molecular complexity index is 654. The lowest BCUT2D eigenvalue weighted by Gasteiger charge is -2.51. The molecule has 2 aliphatic heterocycles. The SMILES string of the molecule is CC(C)(C)OC(=O)N1[C@H](C(=O)OCc2ccccc2)[C@@H]2CC[C@H]1[C@H](O)C2. The summed E-state index contributed by atoms with van der Waals surface area (Å²) in [5.74, 6) is -0.535. The number of hydrogen-bond donors (Lipinski definition) is 1. The van der Waals surface area contributed by atoms with E-state index in [9.17, 15) is 14.7 Å². The Balaban J connectivity index is 1.75. The van der Waals surface area contributed by atoms with Crippen molar-refractivity contribution in [1.82, 2.24) is 4.90 Å². The standard InChI is InChI=1S/C20H27NO5/c1-20(2,3)26-19(24)21-15-10-9-14(11-16(15)22)17(21)18(23)25-12-13-7-5-4-6-8-13/h4-8,14-17,22H,9-12H2,1-3H3/t14-,15+,16-,17+/m1/s1. The first-order valence-electron chi connectivity index (χ1n) is 9.16. The molecule has 2 heterocycles. The van der Waals surface area contributed by atoms with Gasteiger partial charge in [-0.25, -0.2) is 9.59 Å². The van der Waals surface area contributed by atoms with E-state index in [0.29, 0.717) is 12.8 Å². The van der Waals surface area contributed by atoms with Gasteiger partial charge in [-0.15, -0.1) is 0 Å². The first-order valence-corrected chi connectivity index (χ1v) is 9.16. The zero-order valence-corrected chi connectivity index (χ0v) is 15.6. The largest absolute Gasteiger partial charge is 0.459 e. The van der Waals surface area contributed by atoms with Gasteiger partial charge in [-0.2, -0.15) is 0 Å². The van der Waals surface area contributed by atoms with Gasteiger partial charge < -0.3 is 14.6 Å². The van der Waals surface area contributed by atoms with E-state index in [0.717, 1.165) is 12.0 Å². The van der Waals surface area contributed by atoms with Crippen LogP contribution in [0.5, 0.6) is 0 Å². The second-order valence-electron chi connectivity index (χ2n) is 8.13. The molecule has 4 atom stereocenters. The Morgan fingerprint density at radius 1 is 1.19 bits per heavy atom. The molecular formula is C20H27NO5. The molecular weight excluding hydrogens is 334 g/mol. The molecule has 6 nitrogen and oxygen atoms in total. The molecule has 4 rings (SSSR count). The number of benzene rings is 1. The molecule has 0 unspecified atom stereocenters. The van der Waals surface area contributed by atoms with Crippen LogP contribution in [-0.2, 0) is 20.9 Å². The van der Waals surface area contributed by atoms with Gasteiger partial charge in [0.15, 0.2) is 0 Å². The van der Waals surface area contributed by atoms with Crippen molar-refractivity contribution in [2.45, 2.75) is 70.4 Å². The Hall–Kier alpha value is -2.08. The summed E-state index contributed by atoms with van der Waals surface area (Å²) in [6.07, 6.45) is 0.793. The van der Waals surface area contributed by atoms with E-state index in [2.05, 4.69) is 0 Å². The number of fused-ring (bicyclic) bond motifs is 3. The number of carbonyl (C=O) groups is 2. The quantitative estimate of drug-likeness (QED) is 0.838. The number of nitrogens with zero attached hydrogens (tertiary/aromatic N) is 1. The zero-order chi connectivity index (χ0) is 18.9. The van der Waals surface area contributed by atoms with Gasteiger partial charge >= 0.3 is 12.1 Å². The van der Waals surface area contributed by atoms with Gasteiger partial charge in [-0.3, -0.25) is 4.90 Å². The Morgan fingerprint density at radius 2 is 1.88 bits per heavy atom. The summed E-state index contributed by atoms with van der Waals surface area (Å²) in [7, 11) is 0. The smallest absolute Gasteiger partial charge is 0.411 e. The van der Waals surface area contributed by atoms with Crippen LogP contribution in [0.25, 0.3) is 0 Å². The van der Waals surface area contributed by atoms with Crippen molar-refractivity contribution >= 4 is 12.1 Å². The molecule has 142 valence electrons. The lowest BCUT2D eigenvalue weighted by molar-refractivity contribution is -0.166. The number of aliphatic hydroxyl groups excluding tert-OH is 1. The fourth-order valence-electron chi connectivity index (χ4n) is 3.89. The number of hydrogen-bond acceptors (Lipinski definition) is 5. The monoisotopic (exact) mass is 361 g/mol. The molecule has 2 bridgehead atoms. The van der Waals surface area contributed by atoms with Crippen LogP contribution < -0.4 is 0 Å². The molecule has 1 saturated carbocycles. The summed E-state index contributed by atoms with van der Waals surface area (Å²) in [6, 6.07) is 8.34. The molecule has 1 amide bonds. The highest BCUT2D eigenvalue weighted by Crippen LogP contribution is 2.41. The highest BCUT2D eigenvalue weighted by Gasteiger charge is 2.53. The van der Waals surface area contributed by atoms with E-state index < -0.39 is 35.9 Å². The molecule has 0 radical (unpaired) electrons. The molecule has 1 N–H and O–H groups in total. The molecule has 0 aromatic heterocycles. The van der Waals surface area contributed by atoms with Crippen LogP contribution in [0.1, 0.15) is 45.6 Å². The molecule has 6 heteroatoms. The predicted octanol–water partition coefficient (Wildman–Crippen LogP) is 2.88. The van der Waals surface area contributed by atoms with E-state index in [-0.39, 0.29) is 12.5 Å². The van der Waals surface area contributed by atoms with Crippen LogP contribution in [-0.4, -0.2) is 45.9 Å². The maximum atomic E-state index is 12.8. The lowest BCUT2D eigenvalue weighted by Crippen LogP contribution is -2.66. The fraction of sp³-hybridized carbons (Fsp3) is 0.600. The normalized spacial score (nSPS) is 27.9. The van der Waals surface area contributed by atoms with Gasteiger partial charge in [0.1, 0.15) is 18.2 Å². The minimum absolute atomic E-state index is 0.106. The van der Waals surface area contributed by atoms with Gasteiger partial charge in [-0.1, -0.05) is 30.3 Å². The van der Waals surface area contributed by atoms with E-state index in [1.807, 2.05) is 30.3 Å². The fourth-order valence-corrected chi connectivity index (χ4v) is 3.89. The average molecular weight is 361 g/mol. The minimum atomic E-state index is -0.698. The molecule has 3 aliphatic rings. The van der Waals surface area contributed by atoms with Crippen LogP contribution in [0, 0.1) is 5.92 Å². The average Bonchev–Trinajstić information content (AvgIpc) is 2.58. The number of ether oxygens (including phenoxy) is 2. The topological polar surface area (TPSA) is 76.1 Å². The summed E-state index contributed by atoms with van der Waals surface area (Å²) in [4.78, 5) is 26.9. The zero-order valence-electron chi connectivity index (χ0n) is 15.6. The van der Waals surface area contributed by atoms with Crippen LogP contribution in [0.4, 0.5) is 4.79 Å². The van der Waals surface area contributed by atoms with Crippen LogP contribution in [0.3, 0.4) is 0 Å². The number of piperidine rings is 2. The van der Waals surface area contributed by atoms with Crippen molar-refractivity contribution in [3.63, 3.8) is 0 Å². The summed E-state index contributed by atoms with van der Waals surface area (Å²) in [5.41, 5.74) is 0.225. The predicted molar refractivity (Wildman–Crippen MR) is 95.2 cm³/mol. The number of rotatable bonds is 3. The highest BCUT2D eigenvalue weighted by molar-refractivity contribution is 5.83.